The summed E-state index contributed by atoms with van der Waals surface area (Å²) in [6, 6.07) is 0.272. The molecule has 0 aliphatic carbocycles. The van der Waals surface area contributed by atoms with Gasteiger partial charge in [0.05, 0.1) is 24.8 Å². The highest BCUT2D eigenvalue weighted by molar-refractivity contribution is 8.00. The number of nitrogens with zero attached hydrogens (tertiary/aromatic N) is 1. The van der Waals surface area contributed by atoms with Gasteiger partial charge in [-0.15, -0.1) is 0 Å². The number of aromatic amines is 1. The summed E-state index contributed by atoms with van der Waals surface area (Å²) in [5, 5.41) is 28.1. The molecule has 0 radical (unpaired) electrons. The molecule has 1 aromatic heterocycles. The van der Waals surface area contributed by atoms with Gasteiger partial charge in [-0.05, 0) is 19.3 Å². The molecule has 0 unspecified atom stereocenters. The number of ether oxygens (including phenoxy) is 1. The van der Waals surface area contributed by atoms with Gasteiger partial charge < -0.3 is 30.9 Å². The molecular formula is C22H31N5O7S. The van der Waals surface area contributed by atoms with Crippen molar-refractivity contribution in [3.8, 4) is 0 Å². The zero-order valence-corrected chi connectivity index (χ0v) is 20.0. The van der Waals surface area contributed by atoms with Crippen molar-refractivity contribution in [1.29, 1.82) is 0 Å². The predicted octanol–water partition coefficient (Wildman–Crippen LogP) is -0.924. The molecule has 0 bridgehead atoms. The molecule has 3 aliphatic rings. The molecule has 4 heterocycles. The van der Waals surface area contributed by atoms with E-state index >= 15 is 0 Å². The van der Waals surface area contributed by atoms with Crippen molar-refractivity contribution >= 4 is 23.7 Å². The Labute approximate surface area is 205 Å². The van der Waals surface area contributed by atoms with Crippen LogP contribution >= 0.6 is 11.8 Å². The molecule has 192 valence electrons. The number of hydrogen-bond acceptors (Lipinski definition) is 8. The minimum absolute atomic E-state index is 0.0988. The third-order valence-electron chi connectivity index (χ3n) is 6.52. The standard InChI is InChI=1S/C22H31N5O7S/c28-10-15-14(29)8-18(34-15)27-9-12(20(31)26-22(27)33)4-3-7-23-17(30)6-2-1-5-16-19-13(11-35-16)24-21(32)25-19/h3,7,9,13-16,18-19,28-29H,1-2,4-6,8,10-11H2,(H,23,30)(H2,24,25,32)(H,26,31,33)/t13-,14-,15+,16-,18+,19-/m0/s1. The second-order valence-electron chi connectivity index (χ2n) is 8.98. The van der Waals surface area contributed by atoms with Crippen molar-refractivity contribution in [2.75, 3.05) is 12.4 Å². The summed E-state index contributed by atoms with van der Waals surface area (Å²) >= 11 is 1.85. The van der Waals surface area contributed by atoms with Crippen LogP contribution in [-0.4, -0.2) is 73.6 Å². The SMILES string of the molecule is O=C(CCCC[C@@H]1SC[C@@H]2NC(=O)N[C@@H]21)NC=CCc1cn([C@H]2C[C@H](O)[C@@H](CO)O2)c(=O)[nH]c1=O. The predicted molar refractivity (Wildman–Crippen MR) is 128 cm³/mol. The van der Waals surface area contributed by atoms with Gasteiger partial charge in [0.25, 0.3) is 5.56 Å². The molecule has 1 aromatic rings. The van der Waals surface area contributed by atoms with Gasteiger partial charge in [-0.2, -0.15) is 11.8 Å². The second-order valence-corrected chi connectivity index (χ2v) is 10.2. The molecule has 0 spiro atoms. The Bertz CT molecular complexity index is 1070. The van der Waals surface area contributed by atoms with Crippen molar-refractivity contribution < 1.29 is 24.5 Å². The topological polar surface area (TPSA) is 175 Å². The maximum atomic E-state index is 12.2. The number of allylic oxidation sites excluding steroid dienone is 1. The average molecular weight is 510 g/mol. The van der Waals surface area contributed by atoms with E-state index in [9.17, 15) is 29.4 Å². The van der Waals surface area contributed by atoms with Crippen LogP contribution in [0.2, 0.25) is 0 Å². The Hall–Kier alpha value is -2.61. The van der Waals surface area contributed by atoms with Crippen LogP contribution in [0.4, 0.5) is 4.79 Å². The quantitative estimate of drug-likeness (QED) is 0.173. The highest BCUT2D eigenvalue weighted by Gasteiger charge is 2.42. The fourth-order valence-corrected chi connectivity index (χ4v) is 6.16. The molecule has 4 rings (SSSR count). The number of hydrogen-bond donors (Lipinski definition) is 6. The van der Waals surface area contributed by atoms with Gasteiger partial charge in [-0.25, -0.2) is 9.59 Å². The van der Waals surface area contributed by atoms with Gasteiger partial charge in [0, 0.05) is 41.8 Å². The van der Waals surface area contributed by atoms with Crippen molar-refractivity contribution in [2.24, 2.45) is 0 Å². The summed E-state index contributed by atoms with van der Waals surface area (Å²) in [7, 11) is 0. The third kappa shape index (κ3) is 6.15. The molecule has 13 heteroatoms. The fourth-order valence-electron chi connectivity index (χ4n) is 4.62. The van der Waals surface area contributed by atoms with E-state index in [-0.39, 0.29) is 43.5 Å². The maximum Gasteiger partial charge on any atom is 0.330 e. The number of thioether (sulfide) groups is 1. The molecule has 3 amide bonds. The van der Waals surface area contributed by atoms with Gasteiger partial charge in [0.15, 0.2) is 0 Å². The number of unbranched alkanes of at least 4 members (excludes halogenated alkanes) is 1. The van der Waals surface area contributed by atoms with Crippen LogP contribution in [0, 0.1) is 0 Å². The summed E-state index contributed by atoms with van der Waals surface area (Å²) < 4.78 is 6.68. The van der Waals surface area contributed by atoms with Crippen LogP contribution in [0.3, 0.4) is 0 Å². The minimum Gasteiger partial charge on any atom is -0.394 e. The normalized spacial score (nSPS) is 29.8. The lowest BCUT2D eigenvalue weighted by Gasteiger charge is -2.16. The van der Waals surface area contributed by atoms with E-state index in [0.717, 1.165) is 25.0 Å². The van der Waals surface area contributed by atoms with Crippen LogP contribution in [0.1, 0.15) is 43.9 Å². The average Bonchev–Trinajstić information content (AvgIpc) is 3.49. The summed E-state index contributed by atoms with van der Waals surface area (Å²) in [4.78, 5) is 50.1. The molecule has 35 heavy (non-hydrogen) atoms. The molecule has 12 nitrogen and oxygen atoms in total. The highest BCUT2D eigenvalue weighted by Crippen LogP contribution is 2.33. The first-order chi connectivity index (χ1) is 16.9. The molecule has 3 aliphatic heterocycles. The number of nitrogens with one attached hydrogen (secondary N) is 4. The van der Waals surface area contributed by atoms with E-state index in [0.29, 0.717) is 17.2 Å². The monoisotopic (exact) mass is 509 g/mol. The first kappa shape index (κ1) is 25.5. The lowest BCUT2D eigenvalue weighted by Crippen LogP contribution is -2.36. The minimum atomic E-state index is -0.906. The lowest BCUT2D eigenvalue weighted by molar-refractivity contribution is -0.120. The Morgan fingerprint density at radius 1 is 1.29 bits per heavy atom. The van der Waals surface area contributed by atoms with E-state index < -0.39 is 29.7 Å². The Balaban J connectivity index is 1.19. The summed E-state index contributed by atoms with van der Waals surface area (Å²) in [6.45, 7) is -0.374. The Kier molecular flexibility index (Phi) is 8.31. The lowest BCUT2D eigenvalue weighted by atomic mass is 10.0. The van der Waals surface area contributed by atoms with E-state index in [1.807, 2.05) is 11.8 Å². The zero-order chi connectivity index (χ0) is 24.9. The van der Waals surface area contributed by atoms with Gasteiger partial charge in [0.1, 0.15) is 12.3 Å². The molecule has 6 N–H and O–H groups in total. The number of H-pyrrole nitrogens is 1. The number of aromatic nitrogens is 2. The van der Waals surface area contributed by atoms with Crippen LogP contribution in [-0.2, 0) is 16.0 Å². The maximum absolute atomic E-state index is 12.2. The van der Waals surface area contributed by atoms with Crippen molar-refractivity contribution in [3.05, 3.63) is 44.9 Å². The van der Waals surface area contributed by atoms with E-state index in [4.69, 9.17) is 4.74 Å². The number of amides is 3. The van der Waals surface area contributed by atoms with Crippen molar-refractivity contribution in [1.82, 2.24) is 25.5 Å². The number of fused-ring (bicyclic) bond motifs is 1. The van der Waals surface area contributed by atoms with Gasteiger partial charge in [-0.1, -0.05) is 12.5 Å². The molecule has 0 aromatic carbocycles. The second kappa shape index (κ2) is 11.4. The number of urea groups is 1. The smallest absolute Gasteiger partial charge is 0.330 e. The highest BCUT2D eigenvalue weighted by atomic mass is 32.2. The van der Waals surface area contributed by atoms with E-state index in [2.05, 4.69) is 20.9 Å². The number of carbonyl (C=O) groups excluding carboxylic acids is 2. The fraction of sp³-hybridized carbons (Fsp3) is 0.636. The number of carbonyl (C=O) groups is 2. The van der Waals surface area contributed by atoms with E-state index in [1.165, 1.54) is 17.0 Å². The molecule has 3 fully saturated rings. The van der Waals surface area contributed by atoms with Gasteiger partial charge in [-0.3, -0.25) is 19.1 Å². The van der Waals surface area contributed by atoms with Gasteiger partial charge in [0.2, 0.25) is 5.91 Å². The van der Waals surface area contributed by atoms with E-state index in [1.54, 1.807) is 6.08 Å². The van der Waals surface area contributed by atoms with Crippen LogP contribution < -0.4 is 27.2 Å². The summed E-state index contributed by atoms with van der Waals surface area (Å²) in [5.41, 5.74) is -0.911. The van der Waals surface area contributed by atoms with Crippen LogP contribution in [0.5, 0.6) is 0 Å². The number of rotatable bonds is 10. The van der Waals surface area contributed by atoms with Gasteiger partial charge >= 0.3 is 11.7 Å². The first-order valence-electron chi connectivity index (χ1n) is 11.8. The Morgan fingerprint density at radius 3 is 2.89 bits per heavy atom. The number of aliphatic hydroxyl groups is 2. The van der Waals surface area contributed by atoms with Crippen LogP contribution in [0.15, 0.2) is 28.1 Å². The first-order valence-corrected chi connectivity index (χ1v) is 12.8. The molecule has 3 saturated heterocycles. The third-order valence-corrected chi connectivity index (χ3v) is 8.03. The van der Waals surface area contributed by atoms with Crippen molar-refractivity contribution in [2.45, 2.75) is 74.3 Å². The van der Waals surface area contributed by atoms with Crippen LogP contribution in [0.25, 0.3) is 0 Å². The summed E-state index contributed by atoms with van der Waals surface area (Å²) in [5.74, 6) is 0.787. The molecule has 0 saturated carbocycles. The molecule has 6 atom stereocenters. The zero-order valence-electron chi connectivity index (χ0n) is 19.1. The summed E-state index contributed by atoms with van der Waals surface area (Å²) in [6.07, 6.45) is 5.22. The Morgan fingerprint density at radius 2 is 2.11 bits per heavy atom. The van der Waals surface area contributed by atoms with Crippen molar-refractivity contribution in [3.63, 3.8) is 0 Å². The molecular weight excluding hydrogens is 478 g/mol. The number of aliphatic hydroxyl groups excluding tert-OH is 2. The largest absolute Gasteiger partial charge is 0.394 e.